The lowest BCUT2D eigenvalue weighted by Crippen LogP contribution is -2.34. The van der Waals surface area contributed by atoms with Gasteiger partial charge in [-0.15, -0.1) is 0 Å². The summed E-state index contributed by atoms with van der Waals surface area (Å²) in [6, 6.07) is 19.4. The van der Waals surface area contributed by atoms with Gasteiger partial charge in [0.15, 0.2) is 0 Å². The number of fused-ring (bicyclic) bond motifs is 1. The summed E-state index contributed by atoms with van der Waals surface area (Å²) in [5, 5.41) is 4.37. The Bertz CT molecular complexity index is 862. The fourth-order valence-electron chi connectivity index (χ4n) is 2.89. The molecule has 0 aliphatic heterocycles. The molecular weight excluding hydrogens is 312 g/mol. The van der Waals surface area contributed by atoms with Gasteiger partial charge in [0.25, 0.3) is 0 Å². The summed E-state index contributed by atoms with van der Waals surface area (Å²) >= 11 is 0. The molecule has 1 atom stereocenters. The van der Waals surface area contributed by atoms with Gasteiger partial charge in [0.2, 0.25) is 0 Å². The number of aryl methyl sites for hydroxylation is 1. The van der Waals surface area contributed by atoms with Gasteiger partial charge in [-0.25, -0.2) is 9.78 Å². The highest BCUT2D eigenvalue weighted by atomic mass is 16.5. The number of esters is 1. The molecule has 1 unspecified atom stereocenters. The van der Waals surface area contributed by atoms with E-state index in [4.69, 9.17) is 4.74 Å². The van der Waals surface area contributed by atoms with Crippen LogP contribution in [0.2, 0.25) is 0 Å². The average molecular weight is 334 g/mol. The number of aromatic nitrogens is 1. The van der Waals surface area contributed by atoms with Crippen LogP contribution in [-0.4, -0.2) is 23.6 Å². The van der Waals surface area contributed by atoms with Crippen LogP contribution in [0.1, 0.15) is 18.1 Å². The van der Waals surface area contributed by atoms with Crippen LogP contribution in [0.15, 0.2) is 60.7 Å². The molecule has 0 amide bonds. The summed E-state index contributed by atoms with van der Waals surface area (Å²) in [5.41, 5.74) is 3.10. The molecule has 0 spiro atoms. The summed E-state index contributed by atoms with van der Waals surface area (Å²) in [4.78, 5) is 17.0. The summed E-state index contributed by atoms with van der Waals surface area (Å²) in [5.74, 6) is 0.421. The van der Waals surface area contributed by atoms with Gasteiger partial charge in [-0.05, 0) is 37.1 Å². The highest BCUT2D eigenvalue weighted by molar-refractivity contribution is 5.85. The van der Waals surface area contributed by atoms with Crippen molar-refractivity contribution in [2.24, 2.45) is 0 Å². The Hall–Kier alpha value is -2.88. The van der Waals surface area contributed by atoms with E-state index in [1.54, 1.807) is 0 Å². The number of carbonyl (C=O) groups is 1. The third kappa shape index (κ3) is 4.15. The fourth-order valence-corrected chi connectivity index (χ4v) is 2.89. The topological polar surface area (TPSA) is 51.2 Å². The Kier molecular flexibility index (Phi) is 5.29. The van der Waals surface area contributed by atoms with E-state index in [0.717, 1.165) is 22.0 Å². The summed E-state index contributed by atoms with van der Waals surface area (Å²) in [6.45, 7) is 4.22. The first kappa shape index (κ1) is 17.0. The van der Waals surface area contributed by atoms with E-state index < -0.39 is 6.04 Å². The zero-order valence-corrected chi connectivity index (χ0v) is 14.5. The molecule has 1 N–H and O–H groups in total. The van der Waals surface area contributed by atoms with Crippen LogP contribution in [0.25, 0.3) is 10.9 Å². The first-order valence-corrected chi connectivity index (χ1v) is 8.51. The second-order valence-corrected chi connectivity index (χ2v) is 5.98. The van der Waals surface area contributed by atoms with Gasteiger partial charge < -0.3 is 10.1 Å². The number of hydrogen-bond acceptors (Lipinski definition) is 4. The molecule has 0 saturated heterocycles. The molecule has 2 aromatic carbocycles. The molecular formula is C21H22N2O2. The second kappa shape index (κ2) is 7.79. The Labute approximate surface area is 147 Å². The van der Waals surface area contributed by atoms with Crippen molar-refractivity contribution >= 4 is 22.7 Å². The quantitative estimate of drug-likeness (QED) is 0.689. The third-order valence-corrected chi connectivity index (χ3v) is 4.10. The van der Waals surface area contributed by atoms with Gasteiger partial charge in [-0.2, -0.15) is 0 Å². The number of carbonyl (C=O) groups excluding carboxylic acids is 1. The van der Waals surface area contributed by atoms with Crippen molar-refractivity contribution < 1.29 is 9.53 Å². The predicted octanol–water partition coefficient (Wildman–Crippen LogP) is 4.13. The van der Waals surface area contributed by atoms with E-state index in [-0.39, 0.29) is 5.97 Å². The number of benzene rings is 2. The van der Waals surface area contributed by atoms with Crippen LogP contribution in [0.4, 0.5) is 5.82 Å². The molecule has 0 bridgehead atoms. The van der Waals surface area contributed by atoms with Gasteiger partial charge >= 0.3 is 5.97 Å². The van der Waals surface area contributed by atoms with Crippen molar-refractivity contribution in [1.82, 2.24) is 4.98 Å². The largest absolute Gasteiger partial charge is 0.464 e. The highest BCUT2D eigenvalue weighted by Crippen LogP contribution is 2.21. The number of ether oxygens (including phenoxy) is 1. The highest BCUT2D eigenvalue weighted by Gasteiger charge is 2.21. The zero-order valence-electron chi connectivity index (χ0n) is 14.5. The summed E-state index contributed by atoms with van der Waals surface area (Å²) < 4.78 is 5.24. The molecule has 128 valence electrons. The lowest BCUT2D eigenvalue weighted by molar-refractivity contribution is -0.144. The van der Waals surface area contributed by atoms with Crippen molar-refractivity contribution in [3.63, 3.8) is 0 Å². The molecule has 25 heavy (non-hydrogen) atoms. The fraction of sp³-hybridized carbons (Fsp3) is 0.238. The van der Waals surface area contributed by atoms with E-state index in [2.05, 4.69) is 10.3 Å². The number of para-hydroxylation sites is 1. The third-order valence-electron chi connectivity index (χ3n) is 4.10. The standard InChI is InChI=1S/C21H22N2O2/c1-3-25-21(24)19(14-16-9-5-4-6-10-16)23-20-13-15(2)17-11-7-8-12-18(17)22-20/h4-13,19H,3,14H2,1-2H3,(H,22,23). The molecule has 3 rings (SSSR count). The predicted molar refractivity (Wildman–Crippen MR) is 101 cm³/mol. The van der Waals surface area contributed by atoms with Crippen LogP contribution < -0.4 is 5.32 Å². The molecule has 4 nitrogen and oxygen atoms in total. The van der Waals surface area contributed by atoms with Gasteiger partial charge in [0.05, 0.1) is 12.1 Å². The molecule has 3 aromatic rings. The minimum absolute atomic E-state index is 0.265. The Morgan fingerprint density at radius 1 is 1.12 bits per heavy atom. The summed E-state index contributed by atoms with van der Waals surface area (Å²) in [6.07, 6.45) is 0.549. The van der Waals surface area contributed by atoms with Crippen molar-refractivity contribution in [2.75, 3.05) is 11.9 Å². The average Bonchev–Trinajstić information content (AvgIpc) is 2.62. The Morgan fingerprint density at radius 3 is 2.60 bits per heavy atom. The van der Waals surface area contributed by atoms with E-state index in [1.807, 2.05) is 74.5 Å². The van der Waals surface area contributed by atoms with Crippen LogP contribution in [0.3, 0.4) is 0 Å². The molecule has 4 heteroatoms. The SMILES string of the molecule is CCOC(=O)C(Cc1ccccc1)Nc1cc(C)c2ccccc2n1. The maximum absolute atomic E-state index is 12.4. The monoisotopic (exact) mass is 334 g/mol. The molecule has 1 heterocycles. The van der Waals surface area contributed by atoms with Crippen LogP contribution in [-0.2, 0) is 16.0 Å². The number of hydrogen-bond donors (Lipinski definition) is 1. The first-order valence-electron chi connectivity index (χ1n) is 8.51. The van der Waals surface area contributed by atoms with Crippen molar-refractivity contribution in [2.45, 2.75) is 26.3 Å². The smallest absolute Gasteiger partial charge is 0.328 e. The molecule has 1 aromatic heterocycles. The lowest BCUT2D eigenvalue weighted by Gasteiger charge is -2.19. The lowest BCUT2D eigenvalue weighted by atomic mass is 10.1. The van der Waals surface area contributed by atoms with E-state index in [1.165, 1.54) is 0 Å². The summed E-state index contributed by atoms with van der Waals surface area (Å²) in [7, 11) is 0. The van der Waals surface area contributed by atoms with Crippen molar-refractivity contribution in [3.8, 4) is 0 Å². The van der Waals surface area contributed by atoms with Crippen LogP contribution in [0.5, 0.6) is 0 Å². The molecule has 0 fully saturated rings. The molecule has 0 radical (unpaired) electrons. The number of pyridine rings is 1. The maximum Gasteiger partial charge on any atom is 0.328 e. The number of anilines is 1. The van der Waals surface area contributed by atoms with Crippen molar-refractivity contribution in [3.05, 3.63) is 71.8 Å². The van der Waals surface area contributed by atoms with Crippen LogP contribution >= 0.6 is 0 Å². The normalized spacial score (nSPS) is 11.9. The zero-order chi connectivity index (χ0) is 17.6. The van der Waals surface area contributed by atoms with Gasteiger partial charge in [0.1, 0.15) is 11.9 Å². The number of nitrogens with zero attached hydrogens (tertiary/aromatic N) is 1. The van der Waals surface area contributed by atoms with E-state index in [0.29, 0.717) is 18.8 Å². The maximum atomic E-state index is 12.4. The Balaban J connectivity index is 1.87. The van der Waals surface area contributed by atoms with Gasteiger partial charge in [-0.1, -0.05) is 48.5 Å². The second-order valence-electron chi connectivity index (χ2n) is 5.98. The Morgan fingerprint density at radius 2 is 1.84 bits per heavy atom. The molecule has 0 aliphatic carbocycles. The van der Waals surface area contributed by atoms with Crippen LogP contribution in [0, 0.1) is 6.92 Å². The number of rotatable bonds is 6. The first-order chi connectivity index (χ1) is 12.2. The van der Waals surface area contributed by atoms with E-state index >= 15 is 0 Å². The van der Waals surface area contributed by atoms with Crippen molar-refractivity contribution in [1.29, 1.82) is 0 Å². The van der Waals surface area contributed by atoms with E-state index in [9.17, 15) is 4.79 Å². The minimum Gasteiger partial charge on any atom is -0.464 e. The van der Waals surface area contributed by atoms with Gasteiger partial charge in [0, 0.05) is 11.8 Å². The number of nitrogens with one attached hydrogen (secondary N) is 1. The molecule has 0 saturated carbocycles. The minimum atomic E-state index is -0.476. The molecule has 0 aliphatic rings. The van der Waals surface area contributed by atoms with Gasteiger partial charge in [-0.3, -0.25) is 0 Å².